The number of halogens is 1. The third kappa shape index (κ3) is 4.35. The first-order chi connectivity index (χ1) is 10.6. The van der Waals surface area contributed by atoms with Gasteiger partial charge >= 0.3 is 5.97 Å². The van der Waals surface area contributed by atoms with Crippen molar-refractivity contribution < 1.29 is 14.3 Å². The van der Waals surface area contributed by atoms with Gasteiger partial charge in [0.15, 0.2) is 5.11 Å². The van der Waals surface area contributed by atoms with Crippen LogP contribution < -0.4 is 10.7 Å². The molecule has 2 aromatic carbocycles. The molecule has 2 aromatic rings. The van der Waals surface area contributed by atoms with E-state index >= 15 is 0 Å². The molecule has 0 amide bonds. The topological polar surface area (TPSA) is 73.7 Å². The largest absolute Gasteiger partial charge is 0.478 e. The van der Waals surface area contributed by atoms with Gasteiger partial charge in [-0.2, -0.15) is 5.10 Å². The SMILES string of the molecule is O=C(O)c1ccc(/C=N\NC(=S)Nc2ccccc2F)cc1. The summed E-state index contributed by atoms with van der Waals surface area (Å²) in [6.45, 7) is 0. The quantitative estimate of drug-likeness (QED) is 0.459. The van der Waals surface area contributed by atoms with Crippen molar-refractivity contribution in [2.75, 3.05) is 5.32 Å². The normalized spacial score (nSPS) is 10.4. The molecule has 0 aliphatic carbocycles. The molecular weight excluding hydrogens is 305 g/mol. The van der Waals surface area contributed by atoms with Gasteiger partial charge in [0.1, 0.15) is 5.82 Å². The summed E-state index contributed by atoms with van der Waals surface area (Å²) in [5.74, 6) is -1.41. The minimum atomic E-state index is -0.989. The molecule has 0 radical (unpaired) electrons. The number of hydrogen-bond donors (Lipinski definition) is 3. The number of thiocarbonyl (C=S) groups is 1. The zero-order valence-corrected chi connectivity index (χ0v) is 12.1. The van der Waals surface area contributed by atoms with Crippen LogP contribution in [0, 0.1) is 5.82 Å². The number of aromatic carboxylic acids is 1. The van der Waals surface area contributed by atoms with Crippen LogP contribution in [0.2, 0.25) is 0 Å². The Kier molecular flexibility index (Phi) is 5.16. The molecule has 7 heteroatoms. The summed E-state index contributed by atoms with van der Waals surface area (Å²) in [6, 6.07) is 12.3. The number of hydrazone groups is 1. The molecule has 2 rings (SSSR count). The van der Waals surface area contributed by atoms with E-state index in [0.29, 0.717) is 5.56 Å². The van der Waals surface area contributed by atoms with Gasteiger partial charge in [0.25, 0.3) is 0 Å². The average Bonchev–Trinajstić information content (AvgIpc) is 2.50. The summed E-state index contributed by atoms with van der Waals surface area (Å²) in [5.41, 5.74) is 3.70. The highest BCUT2D eigenvalue weighted by Gasteiger charge is 2.02. The van der Waals surface area contributed by atoms with Crippen LogP contribution in [0.15, 0.2) is 53.6 Å². The Bertz CT molecular complexity index is 717. The highest BCUT2D eigenvalue weighted by Crippen LogP contribution is 2.11. The highest BCUT2D eigenvalue weighted by molar-refractivity contribution is 7.80. The number of nitrogens with one attached hydrogen (secondary N) is 2. The Morgan fingerprint density at radius 3 is 2.50 bits per heavy atom. The van der Waals surface area contributed by atoms with E-state index in [-0.39, 0.29) is 16.4 Å². The molecule has 3 N–H and O–H groups in total. The van der Waals surface area contributed by atoms with E-state index in [1.165, 1.54) is 24.4 Å². The van der Waals surface area contributed by atoms with Crippen molar-refractivity contribution in [2.24, 2.45) is 5.10 Å². The number of carboxylic acids is 1. The first-order valence-electron chi connectivity index (χ1n) is 6.24. The van der Waals surface area contributed by atoms with Crippen LogP contribution >= 0.6 is 12.2 Å². The maximum Gasteiger partial charge on any atom is 0.335 e. The lowest BCUT2D eigenvalue weighted by atomic mass is 10.1. The van der Waals surface area contributed by atoms with Crippen LogP contribution in [0.1, 0.15) is 15.9 Å². The van der Waals surface area contributed by atoms with Gasteiger partial charge in [-0.1, -0.05) is 24.3 Å². The Balaban J connectivity index is 1.90. The second-order valence-corrected chi connectivity index (χ2v) is 4.64. The fourth-order valence-corrected chi connectivity index (χ4v) is 1.75. The molecule has 0 aromatic heterocycles. The summed E-state index contributed by atoms with van der Waals surface area (Å²) < 4.78 is 13.4. The number of rotatable bonds is 4. The summed E-state index contributed by atoms with van der Waals surface area (Å²) >= 11 is 4.99. The molecule has 0 saturated carbocycles. The van der Waals surface area contributed by atoms with E-state index in [4.69, 9.17) is 17.3 Å². The van der Waals surface area contributed by atoms with Gasteiger partial charge in [-0.25, -0.2) is 9.18 Å². The predicted octanol–water partition coefficient (Wildman–Crippen LogP) is 2.84. The van der Waals surface area contributed by atoms with Crippen LogP contribution in [0.4, 0.5) is 10.1 Å². The predicted molar refractivity (Wildman–Crippen MR) is 86.8 cm³/mol. The summed E-state index contributed by atoms with van der Waals surface area (Å²) in [4.78, 5) is 10.7. The van der Waals surface area contributed by atoms with E-state index in [0.717, 1.165) is 0 Å². The van der Waals surface area contributed by atoms with Crippen molar-refractivity contribution in [3.63, 3.8) is 0 Å². The molecule has 0 fully saturated rings. The average molecular weight is 317 g/mol. The van der Waals surface area contributed by atoms with Gasteiger partial charge < -0.3 is 10.4 Å². The number of carbonyl (C=O) groups is 1. The first kappa shape index (κ1) is 15.6. The molecular formula is C15H12FN3O2S. The summed E-state index contributed by atoms with van der Waals surface area (Å²) in [6.07, 6.45) is 1.47. The van der Waals surface area contributed by atoms with Crippen molar-refractivity contribution in [3.05, 3.63) is 65.5 Å². The number of anilines is 1. The first-order valence-corrected chi connectivity index (χ1v) is 6.65. The van der Waals surface area contributed by atoms with Gasteiger partial charge in [-0.05, 0) is 42.0 Å². The third-order valence-electron chi connectivity index (χ3n) is 2.66. The van der Waals surface area contributed by atoms with E-state index in [9.17, 15) is 9.18 Å². The maximum atomic E-state index is 13.4. The highest BCUT2D eigenvalue weighted by atomic mass is 32.1. The van der Waals surface area contributed by atoms with Crippen molar-refractivity contribution >= 4 is 35.2 Å². The summed E-state index contributed by atoms with van der Waals surface area (Å²) in [5, 5.41) is 15.5. The second-order valence-electron chi connectivity index (χ2n) is 4.23. The minimum Gasteiger partial charge on any atom is -0.478 e. The van der Waals surface area contributed by atoms with Gasteiger partial charge in [0.2, 0.25) is 0 Å². The Morgan fingerprint density at radius 1 is 1.18 bits per heavy atom. The van der Waals surface area contributed by atoms with E-state index < -0.39 is 11.8 Å². The molecule has 0 heterocycles. The monoisotopic (exact) mass is 317 g/mol. The number of nitrogens with zero attached hydrogens (tertiary/aromatic N) is 1. The van der Waals surface area contributed by atoms with E-state index in [2.05, 4.69) is 15.8 Å². The van der Waals surface area contributed by atoms with Crippen molar-refractivity contribution in [2.45, 2.75) is 0 Å². The number of para-hydroxylation sites is 1. The van der Waals surface area contributed by atoms with Crippen LogP contribution in [-0.4, -0.2) is 22.4 Å². The van der Waals surface area contributed by atoms with Crippen LogP contribution in [0.5, 0.6) is 0 Å². The molecule has 0 spiro atoms. The lowest BCUT2D eigenvalue weighted by molar-refractivity contribution is 0.0697. The van der Waals surface area contributed by atoms with Gasteiger partial charge in [-0.15, -0.1) is 0 Å². The van der Waals surface area contributed by atoms with Crippen LogP contribution in [-0.2, 0) is 0 Å². The molecule has 0 bridgehead atoms. The van der Waals surface area contributed by atoms with Gasteiger partial charge in [-0.3, -0.25) is 5.43 Å². The van der Waals surface area contributed by atoms with Gasteiger partial charge in [0, 0.05) is 0 Å². The van der Waals surface area contributed by atoms with Crippen molar-refractivity contribution in [1.82, 2.24) is 5.43 Å². The third-order valence-corrected chi connectivity index (χ3v) is 2.85. The standard InChI is InChI=1S/C15H12FN3O2S/c16-12-3-1-2-4-13(12)18-15(22)19-17-9-10-5-7-11(8-6-10)14(20)21/h1-9H,(H,20,21)(H2,18,19,22)/b17-9-. The number of carboxylic acid groups (broad SMARTS) is 1. The molecule has 22 heavy (non-hydrogen) atoms. The second kappa shape index (κ2) is 7.28. The maximum absolute atomic E-state index is 13.4. The molecule has 0 unspecified atom stereocenters. The van der Waals surface area contributed by atoms with Crippen LogP contribution in [0.3, 0.4) is 0 Å². The van der Waals surface area contributed by atoms with Crippen molar-refractivity contribution in [1.29, 1.82) is 0 Å². The fraction of sp³-hybridized carbons (Fsp3) is 0. The smallest absolute Gasteiger partial charge is 0.335 e. The lowest BCUT2D eigenvalue weighted by Crippen LogP contribution is -2.24. The molecule has 0 atom stereocenters. The molecule has 0 saturated heterocycles. The zero-order valence-electron chi connectivity index (χ0n) is 11.3. The molecule has 5 nitrogen and oxygen atoms in total. The molecule has 0 aliphatic rings. The van der Waals surface area contributed by atoms with E-state index in [1.807, 2.05) is 0 Å². The number of benzene rings is 2. The van der Waals surface area contributed by atoms with Gasteiger partial charge in [0.05, 0.1) is 17.5 Å². The van der Waals surface area contributed by atoms with Crippen molar-refractivity contribution in [3.8, 4) is 0 Å². The Labute approximate surface area is 131 Å². The molecule has 112 valence electrons. The lowest BCUT2D eigenvalue weighted by Gasteiger charge is -2.07. The van der Waals surface area contributed by atoms with Crippen LogP contribution in [0.25, 0.3) is 0 Å². The fourth-order valence-electron chi connectivity index (χ4n) is 1.59. The zero-order chi connectivity index (χ0) is 15.9. The minimum absolute atomic E-state index is 0.142. The number of hydrogen-bond acceptors (Lipinski definition) is 3. The Morgan fingerprint density at radius 2 is 1.86 bits per heavy atom. The molecule has 0 aliphatic heterocycles. The Hall–Kier alpha value is -2.80. The summed E-state index contributed by atoms with van der Waals surface area (Å²) in [7, 11) is 0. The van der Waals surface area contributed by atoms with E-state index in [1.54, 1.807) is 30.3 Å².